The van der Waals surface area contributed by atoms with Gasteiger partial charge in [-0.1, -0.05) is 11.6 Å². The second-order valence-electron chi connectivity index (χ2n) is 6.33. The average molecular weight is 449 g/mol. The Morgan fingerprint density at radius 1 is 1.38 bits per heavy atom. The molecule has 2 aromatic rings. The number of nitrogens with one attached hydrogen (secondary N) is 1. The largest absolute Gasteiger partial charge is 0.467 e. The van der Waals surface area contributed by atoms with Crippen LogP contribution in [0.3, 0.4) is 0 Å². The van der Waals surface area contributed by atoms with Gasteiger partial charge in [-0.2, -0.15) is 13.2 Å². The van der Waals surface area contributed by atoms with Crippen LogP contribution in [0.2, 0.25) is 5.02 Å². The van der Waals surface area contributed by atoms with Gasteiger partial charge in [0.25, 0.3) is 5.91 Å². The van der Waals surface area contributed by atoms with Gasteiger partial charge >= 0.3 is 6.18 Å². The highest BCUT2D eigenvalue weighted by Crippen LogP contribution is 2.27. The van der Waals surface area contributed by atoms with Crippen LogP contribution in [0.15, 0.2) is 23.8 Å². The maximum absolute atomic E-state index is 12.7. The van der Waals surface area contributed by atoms with E-state index in [1.54, 1.807) is 11.6 Å². The second kappa shape index (κ2) is 8.95. The van der Waals surface area contributed by atoms with Crippen LogP contribution in [0.4, 0.5) is 18.3 Å². The highest BCUT2D eigenvalue weighted by molar-refractivity contribution is 7.13. The molecule has 156 valence electrons. The maximum Gasteiger partial charge on any atom is 0.422 e. The first-order valence-electron chi connectivity index (χ1n) is 8.57. The van der Waals surface area contributed by atoms with E-state index < -0.39 is 30.5 Å². The molecule has 12 heteroatoms. The monoisotopic (exact) mass is 448 g/mol. The first-order valence-corrected chi connectivity index (χ1v) is 9.83. The van der Waals surface area contributed by atoms with Crippen molar-refractivity contribution in [1.82, 2.24) is 14.9 Å². The van der Waals surface area contributed by atoms with Gasteiger partial charge in [-0.25, -0.2) is 9.97 Å². The fourth-order valence-electron chi connectivity index (χ4n) is 2.85. The van der Waals surface area contributed by atoms with E-state index in [1.165, 1.54) is 22.3 Å². The number of thiazole rings is 1. The van der Waals surface area contributed by atoms with Crippen LogP contribution in [-0.2, 0) is 4.79 Å². The molecule has 0 radical (unpaired) electrons. The summed E-state index contributed by atoms with van der Waals surface area (Å²) < 4.78 is 41.3. The van der Waals surface area contributed by atoms with Crippen molar-refractivity contribution in [1.29, 1.82) is 0 Å². The zero-order valence-corrected chi connectivity index (χ0v) is 16.5. The predicted molar refractivity (Wildman–Crippen MR) is 100 cm³/mol. The lowest BCUT2D eigenvalue weighted by molar-refractivity contribution is -0.154. The van der Waals surface area contributed by atoms with Gasteiger partial charge < -0.3 is 15.0 Å². The van der Waals surface area contributed by atoms with Gasteiger partial charge in [0.2, 0.25) is 11.8 Å². The minimum absolute atomic E-state index is 0.107. The molecule has 1 N–H and O–H groups in total. The third-order valence-electron chi connectivity index (χ3n) is 4.17. The van der Waals surface area contributed by atoms with Crippen LogP contribution in [0.25, 0.3) is 0 Å². The molecule has 1 unspecified atom stereocenters. The lowest BCUT2D eigenvalue weighted by atomic mass is 9.96. The van der Waals surface area contributed by atoms with E-state index >= 15 is 0 Å². The molecule has 3 heterocycles. The van der Waals surface area contributed by atoms with Crippen LogP contribution >= 0.6 is 22.9 Å². The molecule has 0 spiro atoms. The number of hydrogen-bond donors (Lipinski definition) is 1. The fourth-order valence-corrected chi connectivity index (χ4v) is 3.60. The number of hydrogen-bond acceptors (Lipinski definition) is 6. The number of nitrogens with zero attached hydrogens (tertiary/aromatic N) is 3. The van der Waals surface area contributed by atoms with Crippen molar-refractivity contribution in [3.63, 3.8) is 0 Å². The Bertz CT molecular complexity index is 879. The van der Waals surface area contributed by atoms with Gasteiger partial charge in [-0.3, -0.25) is 9.59 Å². The van der Waals surface area contributed by atoms with Gasteiger partial charge in [0.1, 0.15) is 5.02 Å². The summed E-state index contributed by atoms with van der Waals surface area (Å²) in [7, 11) is 0. The third-order valence-corrected chi connectivity index (χ3v) is 5.13. The second-order valence-corrected chi connectivity index (χ2v) is 7.63. The van der Waals surface area contributed by atoms with E-state index in [-0.39, 0.29) is 23.0 Å². The predicted octanol–water partition coefficient (Wildman–Crippen LogP) is 3.62. The van der Waals surface area contributed by atoms with Crippen molar-refractivity contribution in [3.05, 3.63) is 34.4 Å². The van der Waals surface area contributed by atoms with Crippen LogP contribution in [0.5, 0.6) is 5.88 Å². The number of anilines is 1. The smallest absolute Gasteiger partial charge is 0.422 e. The van der Waals surface area contributed by atoms with Gasteiger partial charge in [0, 0.05) is 30.9 Å². The zero-order chi connectivity index (χ0) is 21.0. The number of halogens is 4. The Hall–Kier alpha value is -2.40. The molecule has 0 bridgehead atoms. The number of alkyl halides is 3. The summed E-state index contributed by atoms with van der Waals surface area (Å²) in [6.07, 6.45) is -0.573. The normalized spacial score (nSPS) is 17.1. The molecule has 29 heavy (non-hydrogen) atoms. The molecule has 2 amide bonds. The lowest BCUT2D eigenvalue weighted by Crippen LogP contribution is -2.43. The molecule has 1 atom stereocenters. The Balaban J connectivity index is 1.63. The van der Waals surface area contributed by atoms with Crippen molar-refractivity contribution in [3.8, 4) is 5.88 Å². The molecular weight excluding hydrogens is 433 g/mol. The minimum atomic E-state index is -4.53. The SMILES string of the molecule is O=C(Nc1nccs1)C1CCCN(C(=O)c2cnc(OCC(F)(F)F)c(Cl)c2)C1. The first kappa shape index (κ1) is 21.3. The van der Waals surface area contributed by atoms with E-state index in [4.69, 9.17) is 11.6 Å². The summed E-state index contributed by atoms with van der Waals surface area (Å²) in [5.41, 5.74) is 0.107. The summed E-state index contributed by atoms with van der Waals surface area (Å²) in [6.45, 7) is -0.876. The number of ether oxygens (including phenoxy) is 1. The zero-order valence-electron chi connectivity index (χ0n) is 14.9. The topological polar surface area (TPSA) is 84.4 Å². The van der Waals surface area contributed by atoms with Crippen molar-refractivity contribution >= 4 is 39.9 Å². The molecular formula is C17H16ClF3N4O3S. The van der Waals surface area contributed by atoms with Crippen LogP contribution in [0, 0.1) is 5.92 Å². The van der Waals surface area contributed by atoms with Crippen LogP contribution < -0.4 is 10.1 Å². The molecule has 1 fully saturated rings. The standard InChI is InChI=1S/C17H16ClF3N4O3S/c18-12-6-11(7-23-14(12)28-9-17(19,20)21)15(27)25-4-1-2-10(8-25)13(26)24-16-22-3-5-29-16/h3,5-7,10H,1-2,4,8-9H2,(H,22,24,26). The van der Waals surface area contributed by atoms with Crippen molar-refractivity contribution in [2.24, 2.45) is 5.92 Å². The van der Waals surface area contributed by atoms with Crippen molar-refractivity contribution in [2.75, 3.05) is 25.0 Å². The molecule has 1 aliphatic heterocycles. The molecule has 1 saturated heterocycles. The van der Waals surface area contributed by atoms with Gasteiger partial charge in [0.15, 0.2) is 11.7 Å². The first-order chi connectivity index (χ1) is 13.7. The van der Waals surface area contributed by atoms with Gasteiger partial charge in [-0.05, 0) is 18.9 Å². The maximum atomic E-state index is 12.7. The average Bonchev–Trinajstić information content (AvgIpc) is 3.19. The van der Waals surface area contributed by atoms with Gasteiger partial charge in [-0.15, -0.1) is 11.3 Å². The number of amides is 2. The van der Waals surface area contributed by atoms with Crippen LogP contribution in [-0.4, -0.2) is 52.6 Å². The number of piperidine rings is 1. The fraction of sp³-hybridized carbons (Fsp3) is 0.412. The molecule has 0 saturated carbocycles. The summed E-state index contributed by atoms with van der Waals surface area (Å²) in [5.74, 6) is -1.42. The molecule has 1 aliphatic rings. The number of aromatic nitrogens is 2. The number of carbonyl (C=O) groups is 2. The minimum Gasteiger partial charge on any atom is -0.467 e. The number of carbonyl (C=O) groups excluding carboxylic acids is 2. The number of pyridine rings is 1. The third kappa shape index (κ3) is 5.80. The highest BCUT2D eigenvalue weighted by Gasteiger charge is 2.31. The Kier molecular flexibility index (Phi) is 6.58. The number of rotatable bonds is 5. The molecule has 2 aromatic heterocycles. The molecule has 0 aromatic carbocycles. The summed E-state index contributed by atoms with van der Waals surface area (Å²) in [5, 5.41) is 4.75. The summed E-state index contributed by atoms with van der Waals surface area (Å²) in [4.78, 5) is 34.3. The van der Waals surface area contributed by atoms with E-state index in [0.717, 1.165) is 6.20 Å². The number of likely N-dealkylation sites (tertiary alicyclic amines) is 1. The Morgan fingerprint density at radius 2 is 2.17 bits per heavy atom. The summed E-state index contributed by atoms with van der Waals surface area (Å²) >= 11 is 7.20. The van der Waals surface area contributed by atoms with Gasteiger partial charge in [0.05, 0.1) is 11.5 Å². The van der Waals surface area contributed by atoms with E-state index in [0.29, 0.717) is 24.5 Å². The van der Waals surface area contributed by atoms with E-state index in [1.807, 2.05) is 0 Å². The van der Waals surface area contributed by atoms with E-state index in [2.05, 4.69) is 20.0 Å². The van der Waals surface area contributed by atoms with Crippen LogP contribution in [0.1, 0.15) is 23.2 Å². The van der Waals surface area contributed by atoms with Crippen molar-refractivity contribution in [2.45, 2.75) is 19.0 Å². The molecule has 3 rings (SSSR count). The quantitative estimate of drug-likeness (QED) is 0.755. The Morgan fingerprint density at radius 3 is 2.83 bits per heavy atom. The van der Waals surface area contributed by atoms with Crippen molar-refractivity contribution < 1.29 is 27.5 Å². The lowest BCUT2D eigenvalue weighted by Gasteiger charge is -2.32. The summed E-state index contributed by atoms with van der Waals surface area (Å²) in [6, 6.07) is 1.21. The molecule has 0 aliphatic carbocycles. The highest BCUT2D eigenvalue weighted by atomic mass is 35.5. The molecule has 7 nitrogen and oxygen atoms in total. The van der Waals surface area contributed by atoms with E-state index in [9.17, 15) is 22.8 Å². The Labute approximate surface area is 172 Å².